The second-order valence-electron chi connectivity index (χ2n) is 17.3. The lowest BCUT2D eigenvalue weighted by molar-refractivity contribution is 0.0153. The Morgan fingerprint density at radius 3 is 1.61 bits per heavy atom. The molecule has 0 spiro atoms. The fourth-order valence-corrected chi connectivity index (χ4v) is 7.48. The van der Waals surface area contributed by atoms with Crippen molar-refractivity contribution >= 4 is 49.4 Å². The van der Waals surface area contributed by atoms with Crippen molar-refractivity contribution in [2.24, 2.45) is 25.9 Å². The van der Waals surface area contributed by atoms with E-state index in [0.29, 0.717) is 47.6 Å². The molecule has 4 aromatic heterocycles. The van der Waals surface area contributed by atoms with Gasteiger partial charge in [-0.25, -0.2) is 4.79 Å². The lowest BCUT2D eigenvalue weighted by Crippen LogP contribution is -2.44. The van der Waals surface area contributed by atoms with Crippen molar-refractivity contribution in [1.29, 1.82) is 0 Å². The Kier molecular flexibility index (Phi) is 14.1. The summed E-state index contributed by atoms with van der Waals surface area (Å²) in [4.78, 5) is 48.5. The molecule has 0 unspecified atom stereocenters. The number of amides is 1. The number of carbonyl (C=O) groups is 1. The maximum Gasteiger partial charge on any atom is 0.410 e. The molecular weight excluding hydrogens is 745 g/mol. The van der Waals surface area contributed by atoms with Gasteiger partial charge in [-0.15, -0.1) is 0 Å². The third kappa shape index (κ3) is 10.4. The minimum absolute atomic E-state index is 0.0249. The van der Waals surface area contributed by atoms with E-state index in [0.717, 1.165) is 62.6 Å². The summed E-state index contributed by atoms with van der Waals surface area (Å²) in [6.45, 7) is 18.9. The Labute approximate surface area is 347 Å². The smallest absolute Gasteiger partial charge is 0.410 e. The van der Waals surface area contributed by atoms with E-state index in [1.165, 1.54) is 0 Å². The molecule has 0 aliphatic rings. The standard InChI is InChI=1S/C26H35N3O4.C21H27N3O2/c1-16(2)13-18(28(7)25(31)33-26(4,5)6)15-32-19-9-10-20-21-11-12-27-17(3)23(21)24(30)29(8)22(20)14-19;1-13(2)10-15(22-4)12-26-16-6-7-17-18-8-9-23-14(3)20(18)21(25)24(5)19(17)11-16/h9-12,14,16,18H,13,15H2,1-8H3;6-9,11,13,15,22H,10,12H2,1-5H3/t18-;15-/m00/s1. The number of hydrogen-bond donors (Lipinski definition) is 1. The summed E-state index contributed by atoms with van der Waals surface area (Å²) in [6.07, 6.45) is 4.94. The minimum Gasteiger partial charge on any atom is -0.492 e. The van der Waals surface area contributed by atoms with Crippen LogP contribution in [0.5, 0.6) is 11.5 Å². The second-order valence-corrected chi connectivity index (χ2v) is 17.3. The topological polar surface area (TPSA) is 130 Å². The van der Waals surface area contributed by atoms with Crippen molar-refractivity contribution in [3.8, 4) is 11.5 Å². The monoisotopic (exact) mass is 806 g/mol. The number of aryl methyl sites for hydroxylation is 4. The molecule has 59 heavy (non-hydrogen) atoms. The maximum absolute atomic E-state index is 13.0. The lowest BCUT2D eigenvalue weighted by atomic mass is 10.0. The van der Waals surface area contributed by atoms with Gasteiger partial charge in [-0.05, 0) is 114 Å². The van der Waals surface area contributed by atoms with Crippen molar-refractivity contribution in [2.45, 2.75) is 92.8 Å². The molecule has 12 nitrogen and oxygen atoms in total. The van der Waals surface area contributed by atoms with Gasteiger partial charge in [0.1, 0.15) is 30.3 Å². The van der Waals surface area contributed by atoms with Crippen LogP contribution in [0.15, 0.2) is 70.5 Å². The number of ether oxygens (including phenoxy) is 3. The van der Waals surface area contributed by atoms with E-state index in [1.807, 2.05) is 90.2 Å². The molecule has 1 N–H and O–H groups in total. The van der Waals surface area contributed by atoms with E-state index in [-0.39, 0.29) is 23.3 Å². The molecular formula is C47H62N6O6. The first-order valence-corrected chi connectivity index (χ1v) is 20.5. The van der Waals surface area contributed by atoms with E-state index in [9.17, 15) is 14.4 Å². The van der Waals surface area contributed by atoms with Gasteiger partial charge < -0.3 is 33.6 Å². The molecule has 316 valence electrons. The number of nitrogens with one attached hydrogen (secondary N) is 1. The zero-order chi connectivity index (χ0) is 43.3. The molecule has 0 aliphatic carbocycles. The van der Waals surface area contributed by atoms with E-state index in [4.69, 9.17) is 14.2 Å². The molecule has 12 heteroatoms. The molecule has 4 heterocycles. The molecule has 0 bridgehead atoms. The normalized spacial score (nSPS) is 12.9. The molecule has 0 saturated carbocycles. The van der Waals surface area contributed by atoms with Crippen molar-refractivity contribution in [3.63, 3.8) is 0 Å². The van der Waals surface area contributed by atoms with Gasteiger partial charge in [-0.2, -0.15) is 0 Å². The van der Waals surface area contributed by atoms with Crippen LogP contribution in [0.2, 0.25) is 0 Å². The van der Waals surface area contributed by atoms with Gasteiger partial charge >= 0.3 is 6.09 Å². The molecule has 0 aliphatic heterocycles. The molecule has 6 rings (SSSR count). The highest BCUT2D eigenvalue weighted by Gasteiger charge is 2.27. The Balaban J connectivity index is 0.000000230. The van der Waals surface area contributed by atoms with Crippen LogP contribution in [0, 0.1) is 25.7 Å². The fourth-order valence-electron chi connectivity index (χ4n) is 7.48. The molecule has 0 saturated heterocycles. The van der Waals surface area contributed by atoms with Crippen molar-refractivity contribution in [3.05, 3.63) is 93.0 Å². The van der Waals surface area contributed by atoms with Crippen LogP contribution in [-0.4, -0.2) is 75.1 Å². The maximum atomic E-state index is 13.0. The van der Waals surface area contributed by atoms with Crippen LogP contribution in [0.25, 0.3) is 43.4 Å². The Bertz CT molecular complexity index is 2570. The van der Waals surface area contributed by atoms with E-state index < -0.39 is 5.60 Å². The quantitative estimate of drug-likeness (QED) is 0.121. The van der Waals surface area contributed by atoms with Gasteiger partial charge in [0.25, 0.3) is 11.1 Å². The summed E-state index contributed by atoms with van der Waals surface area (Å²) in [7, 11) is 7.27. The van der Waals surface area contributed by atoms with Crippen LogP contribution in [-0.2, 0) is 18.8 Å². The number of pyridine rings is 4. The predicted octanol–water partition coefficient (Wildman–Crippen LogP) is 8.46. The summed E-state index contributed by atoms with van der Waals surface area (Å²) in [5.41, 5.74) is 2.47. The van der Waals surface area contributed by atoms with Crippen molar-refractivity contribution in [1.82, 2.24) is 29.3 Å². The largest absolute Gasteiger partial charge is 0.492 e. The van der Waals surface area contributed by atoms with Crippen LogP contribution in [0.1, 0.15) is 72.7 Å². The van der Waals surface area contributed by atoms with E-state index in [1.54, 1.807) is 47.6 Å². The average Bonchev–Trinajstić information content (AvgIpc) is 3.18. The van der Waals surface area contributed by atoms with E-state index in [2.05, 4.69) is 43.0 Å². The zero-order valence-corrected chi connectivity index (χ0v) is 37.1. The molecule has 0 fully saturated rings. The summed E-state index contributed by atoms with van der Waals surface area (Å²) < 4.78 is 21.0. The Hall–Kier alpha value is -5.49. The number of carbonyl (C=O) groups excluding carboxylic acids is 1. The van der Waals surface area contributed by atoms with Crippen LogP contribution in [0.3, 0.4) is 0 Å². The highest BCUT2D eigenvalue weighted by molar-refractivity contribution is 6.07. The number of hydrogen-bond acceptors (Lipinski definition) is 9. The highest BCUT2D eigenvalue weighted by atomic mass is 16.6. The summed E-state index contributed by atoms with van der Waals surface area (Å²) in [5, 5.41) is 8.45. The fraction of sp³-hybridized carbons (Fsp3) is 0.468. The first-order valence-electron chi connectivity index (χ1n) is 20.5. The lowest BCUT2D eigenvalue weighted by Gasteiger charge is -2.31. The summed E-state index contributed by atoms with van der Waals surface area (Å²) >= 11 is 0. The van der Waals surface area contributed by atoms with Crippen LogP contribution >= 0.6 is 0 Å². The average molecular weight is 807 g/mol. The van der Waals surface area contributed by atoms with Gasteiger partial charge in [0.2, 0.25) is 0 Å². The zero-order valence-electron chi connectivity index (χ0n) is 37.1. The Morgan fingerprint density at radius 1 is 0.729 bits per heavy atom. The van der Waals surface area contributed by atoms with Crippen LogP contribution < -0.4 is 25.9 Å². The number of benzene rings is 2. The Morgan fingerprint density at radius 2 is 1.19 bits per heavy atom. The highest BCUT2D eigenvalue weighted by Crippen LogP contribution is 2.29. The molecule has 6 aromatic rings. The summed E-state index contributed by atoms with van der Waals surface area (Å²) in [6, 6.07) is 15.7. The first-order chi connectivity index (χ1) is 27.8. The predicted molar refractivity (Wildman–Crippen MR) is 239 cm³/mol. The van der Waals surface area contributed by atoms with Gasteiger partial charge in [0.15, 0.2) is 0 Å². The first kappa shape index (κ1) is 44.6. The number of likely N-dealkylation sites (N-methyl/N-ethyl adjacent to an activating group) is 2. The van der Waals surface area contributed by atoms with Crippen molar-refractivity contribution < 1.29 is 19.0 Å². The van der Waals surface area contributed by atoms with Gasteiger partial charge in [-0.1, -0.05) is 27.7 Å². The van der Waals surface area contributed by atoms with Crippen LogP contribution in [0.4, 0.5) is 4.79 Å². The summed E-state index contributed by atoms with van der Waals surface area (Å²) in [5.74, 6) is 2.41. The van der Waals surface area contributed by atoms with Gasteiger partial charge in [-0.3, -0.25) is 19.6 Å². The van der Waals surface area contributed by atoms with Crippen molar-refractivity contribution in [2.75, 3.05) is 27.3 Å². The third-order valence-electron chi connectivity index (χ3n) is 10.6. The number of fused-ring (bicyclic) bond motifs is 6. The van der Waals surface area contributed by atoms with Gasteiger partial charge in [0.05, 0.1) is 39.2 Å². The number of rotatable bonds is 12. The molecule has 0 radical (unpaired) electrons. The molecule has 2 aromatic carbocycles. The SMILES string of the molecule is CN[C@H](COc1ccc2c3ccnc(C)c3c(=O)n(C)c2c1)CC(C)C.Cc1nccc2c1c(=O)n(C)c1cc(OC[C@H](CC(C)C)N(C)C(=O)OC(C)(C)C)ccc21. The second kappa shape index (κ2) is 18.6. The molecule has 1 amide bonds. The number of nitrogens with zero attached hydrogens (tertiary/aromatic N) is 5. The van der Waals surface area contributed by atoms with E-state index >= 15 is 0 Å². The minimum atomic E-state index is -0.561. The van der Waals surface area contributed by atoms with Gasteiger partial charge in [0, 0.05) is 62.5 Å². The number of aromatic nitrogens is 4. The molecule has 2 atom stereocenters. The third-order valence-corrected chi connectivity index (χ3v) is 10.6.